The lowest BCUT2D eigenvalue weighted by Crippen LogP contribution is -2.37. The number of halogens is 1. The van der Waals surface area contributed by atoms with Gasteiger partial charge in [-0.25, -0.2) is 4.99 Å². The van der Waals surface area contributed by atoms with Crippen LogP contribution in [-0.2, 0) is 20.1 Å². The predicted molar refractivity (Wildman–Crippen MR) is 106 cm³/mol. The molecule has 1 aromatic heterocycles. The van der Waals surface area contributed by atoms with Crippen LogP contribution in [0.1, 0.15) is 25.2 Å². The summed E-state index contributed by atoms with van der Waals surface area (Å²) >= 11 is 0. The summed E-state index contributed by atoms with van der Waals surface area (Å²) in [6.45, 7) is 6.56. The van der Waals surface area contributed by atoms with Crippen molar-refractivity contribution in [3.05, 3.63) is 42.0 Å². The molecule has 2 N–H and O–H groups in total. The molecule has 0 radical (unpaired) electrons. The maximum Gasteiger partial charge on any atom is 0.191 e. The zero-order chi connectivity index (χ0) is 16.5. The van der Waals surface area contributed by atoms with E-state index in [0.717, 1.165) is 29.6 Å². The van der Waals surface area contributed by atoms with Crippen LogP contribution in [0.25, 0.3) is 0 Å². The van der Waals surface area contributed by atoms with Gasteiger partial charge in [-0.2, -0.15) is 0 Å². The highest BCUT2D eigenvalue weighted by Gasteiger charge is 2.05. The maximum atomic E-state index is 5.63. The number of nitrogens with zero attached hydrogens (tertiary/aromatic N) is 4. The lowest BCUT2D eigenvalue weighted by Gasteiger charge is -2.12. The van der Waals surface area contributed by atoms with Crippen LogP contribution in [0.5, 0.6) is 5.75 Å². The summed E-state index contributed by atoms with van der Waals surface area (Å²) in [7, 11) is 1.92. The van der Waals surface area contributed by atoms with Gasteiger partial charge in [-0.15, -0.1) is 34.2 Å². The van der Waals surface area contributed by atoms with E-state index in [0.29, 0.717) is 19.7 Å². The minimum Gasteiger partial charge on any atom is -0.494 e. The fourth-order valence-corrected chi connectivity index (χ4v) is 2.07. The molecule has 0 spiro atoms. The van der Waals surface area contributed by atoms with Crippen LogP contribution >= 0.6 is 24.0 Å². The molecular weight excluding hydrogens is 419 g/mol. The summed E-state index contributed by atoms with van der Waals surface area (Å²) in [5.74, 6) is 2.47. The first-order chi connectivity index (χ1) is 11.2. The first-order valence-corrected chi connectivity index (χ1v) is 7.80. The van der Waals surface area contributed by atoms with Crippen molar-refractivity contribution in [2.45, 2.75) is 26.9 Å². The molecule has 0 aliphatic rings. The van der Waals surface area contributed by atoms with Crippen molar-refractivity contribution in [1.29, 1.82) is 0 Å². The molecular formula is C16H25IN6O. The molecule has 24 heavy (non-hydrogen) atoms. The average Bonchev–Trinajstić information content (AvgIpc) is 2.97. The number of aliphatic imine (C=N–C) groups is 1. The predicted octanol–water partition coefficient (Wildman–Crippen LogP) is 2.09. The molecule has 1 aromatic carbocycles. The SMILES string of the molecule is CCNC(=NCc1ccccc1OCC)NCc1nncn1C.I. The molecule has 1 heterocycles. The second-order valence-electron chi connectivity index (χ2n) is 4.95. The fourth-order valence-electron chi connectivity index (χ4n) is 2.07. The smallest absolute Gasteiger partial charge is 0.191 e. The van der Waals surface area contributed by atoms with E-state index in [4.69, 9.17) is 4.74 Å². The topological polar surface area (TPSA) is 76.4 Å². The van der Waals surface area contributed by atoms with Gasteiger partial charge >= 0.3 is 0 Å². The van der Waals surface area contributed by atoms with E-state index in [1.54, 1.807) is 6.33 Å². The number of ether oxygens (including phenoxy) is 1. The molecule has 2 aromatic rings. The normalized spacial score (nSPS) is 10.9. The number of benzene rings is 1. The molecule has 0 aliphatic heterocycles. The third-order valence-electron chi connectivity index (χ3n) is 3.24. The molecule has 0 fully saturated rings. The van der Waals surface area contributed by atoms with Gasteiger partial charge in [0.25, 0.3) is 0 Å². The van der Waals surface area contributed by atoms with Crippen LogP contribution in [0, 0.1) is 0 Å². The Kier molecular flexibility index (Phi) is 9.13. The van der Waals surface area contributed by atoms with Gasteiger partial charge in [0.05, 0.1) is 19.7 Å². The van der Waals surface area contributed by atoms with Gasteiger partial charge < -0.3 is 19.9 Å². The summed E-state index contributed by atoms with van der Waals surface area (Å²) < 4.78 is 7.51. The van der Waals surface area contributed by atoms with E-state index in [2.05, 4.69) is 25.8 Å². The number of para-hydroxylation sites is 1. The summed E-state index contributed by atoms with van der Waals surface area (Å²) in [5.41, 5.74) is 1.06. The van der Waals surface area contributed by atoms with E-state index in [-0.39, 0.29) is 24.0 Å². The van der Waals surface area contributed by atoms with Gasteiger partial charge in [-0.05, 0) is 19.9 Å². The number of rotatable bonds is 7. The number of aryl methyl sites for hydroxylation is 1. The fraction of sp³-hybridized carbons (Fsp3) is 0.438. The third kappa shape index (κ3) is 5.99. The standard InChI is InChI=1S/C16H24N6O.HI/c1-4-17-16(19-11-15-21-20-12-22(15)3)18-10-13-8-6-7-9-14(13)23-5-2;/h6-9,12H,4-5,10-11H2,1-3H3,(H2,17,18,19);1H. The van der Waals surface area contributed by atoms with Crippen molar-refractivity contribution in [1.82, 2.24) is 25.4 Å². The minimum absolute atomic E-state index is 0. The average molecular weight is 444 g/mol. The van der Waals surface area contributed by atoms with Crippen LogP contribution in [0.4, 0.5) is 0 Å². The van der Waals surface area contributed by atoms with Crippen molar-refractivity contribution < 1.29 is 4.74 Å². The Bertz CT molecular complexity index is 643. The Balaban J connectivity index is 0.00000288. The Morgan fingerprint density at radius 3 is 2.71 bits per heavy atom. The zero-order valence-electron chi connectivity index (χ0n) is 14.3. The molecule has 0 amide bonds. The highest BCUT2D eigenvalue weighted by molar-refractivity contribution is 14.0. The summed E-state index contributed by atoms with van der Waals surface area (Å²) in [6.07, 6.45) is 1.68. The number of hydrogen-bond donors (Lipinski definition) is 2. The van der Waals surface area contributed by atoms with E-state index in [9.17, 15) is 0 Å². The van der Waals surface area contributed by atoms with E-state index in [1.165, 1.54) is 0 Å². The molecule has 0 atom stereocenters. The molecule has 0 aliphatic carbocycles. The molecule has 2 rings (SSSR count). The Morgan fingerprint density at radius 1 is 1.25 bits per heavy atom. The first-order valence-electron chi connectivity index (χ1n) is 7.80. The van der Waals surface area contributed by atoms with Crippen LogP contribution in [0.2, 0.25) is 0 Å². The van der Waals surface area contributed by atoms with Crippen molar-refractivity contribution >= 4 is 29.9 Å². The van der Waals surface area contributed by atoms with Gasteiger partial charge in [0, 0.05) is 19.2 Å². The second kappa shape index (κ2) is 10.8. The van der Waals surface area contributed by atoms with Crippen LogP contribution < -0.4 is 15.4 Å². The highest BCUT2D eigenvalue weighted by atomic mass is 127. The molecule has 0 saturated heterocycles. The summed E-state index contributed by atoms with van der Waals surface area (Å²) in [6, 6.07) is 7.96. The maximum absolute atomic E-state index is 5.63. The molecule has 132 valence electrons. The monoisotopic (exact) mass is 444 g/mol. The molecule has 7 nitrogen and oxygen atoms in total. The molecule has 0 saturated carbocycles. The van der Waals surface area contributed by atoms with Gasteiger partial charge in [0.2, 0.25) is 0 Å². The first kappa shape index (κ1) is 20.2. The van der Waals surface area contributed by atoms with Gasteiger partial charge in [-0.1, -0.05) is 18.2 Å². The molecule has 8 heteroatoms. The van der Waals surface area contributed by atoms with E-state index < -0.39 is 0 Å². The summed E-state index contributed by atoms with van der Waals surface area (Å²) in [5, 5.41) is 14.4. The van der Waals surface area contributed by atoms with Gasteiger partial charge in [0.1, 0.15) is 12.1 Å². The van der Waals surface area contributed by atoms with Crippen molar-refractivity contribution in [2.75, 3.05) is 13.2 Å². The largest absolute Gasteiger partial charge is 0.494 e. The van der Waals surface area contributed by atoms with Gasteiger partial charge in [-0.3, -0.25) is 0 Å². The number of hydrogen-bond acceptors (Lipinski definition) is 4. The molecule has 0 bridgehead atoms. The lowest BCUT2D eigenvalue weighted by molar-refractivity contribution is 0.336. The number of guanidine groups is 1. The second-order valence-corrected chi connectivity index (χ2v) is 4.95. The Hall–Kier alpha value is -1.84. The lowest BCUT2D eigenvalue weighted by atomic mass is 10.2. The van der Waals surface area contributed by atoms with Gasteiger partial charge in [0.15, 0.2) is 11.8 Å². The number of nitrogens with one attached hydrogen (secondary N) is 2. The minimum atomic E-state index is 0. The highest BCUT2D eigenvalue weighted by Crippen LogP contribution is 2.18. The van der Waals surface area contributed by atoms with Crippen LogP contribution in [0.15, 0.2) is 35.6 Å². The van der Waals surface area contributed by atoms with Crippen molar-refractivity contribution in [2.24, 2.45) is 12.0 Å². The van der Waals surface area contributed by atoms with E-state index in [1.807, 2.05) is 49.7 Å². The quantitative estimate of drug-likeness (QED) is 0.389. The van der Waals surface area contributed by atoms with E-state index >= 15 is 0 Å². The third-order valence-corrected chi connectivity index (χ3v) is 3.24. The number of aromatic nitrogens is 3. The Morgan fingerprint density at radius 2 is 2.04 bits per heavy atom. The van der Waals surface area contributed by atoms with Crippen molar-refractivity contribution in [3.8, 4) is 5.75 Å². The zero-order valence-corrected chi connectivity index (χ0v) is 16.7. The molecule has 0 unspecified atom stereocenters. The Labute approximate surface area is 159 Å². The summed E-state index contributed by atoms with van der Waals surface area (Å²) in [4.78, 5) is 4.61. The van der Waals surface area contributed by atoms with Crippen LogP contribution in [0.3, 0.4) is 0 Å². The van der Waals surface area contributed by atoms with Crippen LogP contribution in [-0.4, -0.2) is 33.9 Å². The van der Waals surface area contributed by atoms with Crippen molar-refractivity contribution in [3.63, 3.8) is 0 Å².